The largest absolute Gasteiger partial charge is 0.587 e. The minimum atomic E-state index is -3.94. The van der Waals surface area contributed by atoms with Gasteiger partial charge in [-0.15, -0.1) is 0 Å². The molecule has 2 aromatic carbocycles. The van der Waals surface area contributed by atoms with Crippen molar-refractivity contribution in [2.75, 3.05) is 6.61 Å². The van der Waals surface area contributed by atoms with Crippen LogP contribution >= 0.6 is 7.82 Å². The Hall–Kier alpha value is -1.91. The molecule has 0 aliphatic rings. The zero-order valence-corrected chi connectivity index (χ0v) is 12.1. The Balaban J connectivity index is 2.17. The second kappa shape index (κ2) is 6.70. The molecule has 0 heterocycles. The van der Waals surface area contributed by atoms with Gasteiger partial charge in [-0.25, -0.2) is 13.3 Å². The third-order valence-electron chi connectivity index (χ3n) is 2.35. The van der Waals surface area contributed by atoms with Crippen molar-refractivity contribution < 1.29 is 26.9 Å². The van der Waals surface area contributed by atoms with Crippen molar-refractivity contribution in [1.82, 2.24) is 0 Å². The van der Waals surface area contributed by atoms with Crippen LogP contribution in [0.3, 0.4) is 0 Å². The van der Waals surface area contributed by atoms with Crippen LogP contribution in [0.2, 0.25) is 0 Å². The van der Waals surface area contributed by atoms with Gasteiger partial charge in [-0.2, -0.15) is 0 Å². The van der Waals surface area contributed by atoms with Gasteiger partial charge in [-0.3, -0.25) is 4.52 Å². The summed E-state index contributed by atoms with van der Waals surface area (Å²) in [7, 11) is -3.94. The second-order valence-electron chi connectivity index (χ2n) is 3.96. The van der Waals surface area contributed by atoms with E-state index in [2.05, 4.69) is 0 Å². The first kappa shape index (κ1) is 15.5. The molecule has 0 aliphatic heterocycles. The minimum absolute atomic E-state index is 0.0830. The Bertz CT molecular complexity index is 577. The molecule has 0 atom stereocenters. The van der Waals surface area contributed by atoms with Crippen LogP contribution < -0.4 is 9.05 Å². The van der Waals surface area contributed by atoms with E-state index < -0.39 is 19.5 Å². The van der Waals surface area contributed by atoms with Gasteiger partial charge in [-0.05, 0) is 55.5 Å². The number of rotatable bonds is 6. The molecule has 0 saturated heterocycles. The fraction of sp³-hybridized carbons (Fsp3) is 0.143. The van der Waals surface area contributed by atoms with Crippen LogP contribution in [0, 0.1) is 11.6 Å². The number of benzene rings is 2. The first-order valence-corrected chi connectivity index (χ1v) is 7.62. The van der Waals surface area contributed by atoms with Gasteiger partial charge in [-0.1, -0.05) is 0 Å². The summed E-state index contributed by atoms with van der Waals surface area (Å²) in [6.07, 6.45) is 0. The summed E-state index contributed by atoms with van der Waals surface area (Å²) in [4.78, 5) is 0. The van der Waals surface area contributed by atoms with Crippen LogP contribution in [0.4, 0.5) is 8.78 Å². The smallest absolute Gasteiger partial charge is 0.395 e. The summed E-state index contributed by atoms with van der Waals surface area (Å²) < 4.78 is 53.5. The molecule has 0 N–H and O–H groups in total. The normalized spacial score (nSPS) is 11.2. The first-order valence-electron chi connectivity index (χ1n) is 6.16. The summed E-state index contributed by atoms with van der Waals surface area (Å²) in [6.45, 7) is 1.70. The van der Waals surface area contributed by atoms with Crippen LogP contribution in [0.5, 0.6) is 11.5 Å². The monoisotopic (exact) mass is 314 g/mol. The lowest BCUT2D eigenvalue weighted by Crippen LogP contribution is -2.05. The SMILES string of the molecule is CCOP(=O)(Oc1ccc(F)cc1)Oc1ccc(F)cc1. The third-order valence-corrected chi connectivity index (χ3v) is 3.79. The molecule has 0 unspecified atom stereocenters. The van der Waals surface area contributed by atoms with Crippen LogP contribution in [0.1, 0.15) is 6.92 Å². The molecular weight excluding hydrogens is 301 g/mol. The average molecular weight is 314 g/mol. The van der Waals surface area contributed by atoms with Crippen LogP contribution in [0.15, 0.2) is 48.5 Å². The van der Waals surface area contributed by atoms with E-state index in [0.29, 0.717) is 0 Å². The molecule has 0 saturated carbocycles. The quantitative estimate of drug-likeness (QED) is 0.733. The van der Waals surface area contributed by atoms with E-state index >= 15 is 0 Å². The molecule has 21 heavy (non-hydrogen) atoms. The predicted molar refractivity (Wildman–Crippen MR) is 73.3 cm³/mol. The second-order valence-corrected chi connectivity index (χ2v) is 5.47. The fourth-order valence-electron chi connectivity index (χ4n) is 1.48. The Labute approximate surface area is 120 Å². The van der Waals surface area contributed by atoms with Gasteiger partial charge in [0, 0.05) is 0 Å². The lowest BCUT2D eigenvalue weighted by Gasteiger charge is -2.18. The molecule has 2 rings (SSSR count). The maximum absolute atomic E-state index is 12.8. The zero-order chi connectivity index (χ0) is 15.3. The first-order chi connectivity index (χ1) is 10.0. The van der Waals surface area contributed by atoms with Crippen LogP contribution in [-0.2, 0) is 9.09 Å². The van der Waals surface area contributed by atoms with Crippen molar-refractivity contribution in [2.45, 2.75) is 6.92 Å². The maximum atomic E-state index is 12.8. The Morgan fingerprint density at radius 2 is 1.24 bits per heavy atom. The standard InChI is InChI=1S/C14H13F2O4P/c1-2-18-21(17,19-13-7-3-11(15)4-8-13)20-14-9-5-12(16)6-10-14/h3-10H,2H2,1H3. The topological polar surface area (TPSA) is 44.8 Å². The van der Waals surface area contributed by atoms with Gasteiger partial charge in [0.15, 0.2) is 0 Å². The summed E-state index contributed by atoms with van der Waals surface area (Å²) in [5, 5.41) is 0. The molecule has 0 aromatic heterocycles. The van der Waals surface area contributed by atoms with Gasteiger partial charge >= 0.3 is 7.82 Å². The zero-order valence-electron chi connectivity index (χ0n) is 11.2. The molecule has 0 spiro atoms. The van der Waals surface area contributed by atoms with E-state index in [4.69, 9.17) is 13.6 Å². The molecular formula is C14H13F2O4P. The summed E-state index contributed by atoms with van der Waals surface area (Å²) >= 11 is 0. The number of phosphoric acid groups is 1. The van der Waals surface area contributed by atoms with E-state index in [-0.39, 0.29) is 18.1 Å². The highest BCUT2D eigenvalue weighted by Gasteiger charge is 2.30. The third kappa shape index (κ3) is 4.55. The summed E-state index contributed by atoms with van der Waals surface area (Å²) in [6, 6.07) is 9.83. The number of phosphoric ester groups is 1. The van der Waals surface area contributed by atoms with Crippen LogP contribution in [-0.4, -0.2) is 6.61 Å². The number of hydrogen-bond donors (Lipinski definition) is 0. The Morgan fingerprint density at radius 1 is 0.857 bits per heavy atom. The molecule has 7 heteroatoms. The molecule has 0 amide bonds. The summed E-state index contributed by atoms with van der Waals surface area (Å²) in [5.74, 6) is -0.633. The van der Waals surface area contributed by atoms with Crippen molar-refractivity contribution in [3.05, 3.63) is 60.2 Å². The highest BCUT2D eigenvalue weighted by atomic mass is 31.2. The van der Waals surface area contributed by atoms with E-state index in [1.807, 2.05) is 0 Å². The van der Waals surface area contributed by atoms with E-state index in [9.17, 15) is 13.3 Å². The van der Waals surface area contributed by atoms with E-state index in [1.54, 1.807) is 6.92 Å². The van der Waals surface area contributed by atoms with Crippen molar-refractivity contribution in [1.29, 1.82) is 0 Å². The van der Waals surface area contributed by atoms with Crippen LogP contribution in [0.25, 0.3) is 0 Å². The Morgan fingerprint density at radius 3 is 1.57 bits per heavy atom. The van der Waals surface area contributed by atoms with Gasteiger partial charge in [0.25, 0.3) is 0 Å². The van der Waals surface area contributed by atoms with E-state index in [1.165, 1.54) is 24.3 Å². The fourth-order valence-corrected chi connectivity index (χ4v) is 2.70. The molecule has 0 aliphatic carbocycles. The molecule has 112 valence electrons. The maximum Gasteiger partial charge on any atom is 0.587 e. The average Bonchev–Trinajstić information content (AvgIpc) is 2.44. The van der Waals surface area contributed by atoms with Crippen molar-refractivity contribution in [2.24, 2.45) is 0 Å². The van der Waals surface area contributed by atoms with Crippen molar-refractivity contribution in [3.63, 3.8) is 0 Å². The highest BCUT2D eigenvalue weighted by molar-refractivity contribution is 7.49. The Kier molecular flexibility index (Phi) is 4.94. The van der Waals surface area contributed by atoms with Crippen molar-refractivity contribution >= 4 is 7.82 Å². The highest BCUT2D eigenvalue weighted by Crippen LogP contribution is 2.49. The number of halogens is 2. The lowest BCUT2D eigenvalue weighted by molar-refractivity contribution is 0.219. The van der Waals surface area contributed by atoms with Gasteiger partial charge in [0.05, 0.1) is 6.61 Å². The van der Waals surface area contributed by atoms with Gasteiger partial charge in [0.1, 0.15) is 23.1 Å². The molecule has 4 nitrogen and oxygen atoms in total. The molecule has 0 bridgehead atoms. The molecule has 0 radical (unpaired) electrons. The number of hydrogen-bond acceptors (Lipinski definition) is 4. The lowest BCUT2D eigenvalue weighted by atomic mass is 10.3. The molecule has 2 aromatic rings. The van der Waals surface area contributed by atoms with Gasteiger partial charge < -0.3 is 9.05 Å². The molecule has 0 fully saturated rings. The summed E-state index contributed by atoms with van der Waals surface area (Å²) in [5.41, 5.74) is 0. The van der Waals surface area contributed by atoms with Gasteiger partial charge in [0.2, 0.25) is 0 Å². The minimum Gasteiger partial charge on any atom is -0.395 e. The predicted octanol–water partition coefficient (Wildman–Crippen LogP) is 4.57. The van der Waals surface area contributed by atoms with E-state index in [0.717, 1.165) is 24.3 Å². The van der Waals surface area contributed by atoms with Crippen molar-refractivity contribution in [3.8, 4) is 11.5 Å².